The fraction of sp³-hybridized carbons (Fsp3) is 0.429. The number of hydrogen-bond acceptors (Lipinski definition) is 5. The first kappa shape index (κ1) is 31.1. The lowest BCUT2D eigenvalue weighted by Gasteiger charge is -2.18. The molecule has 0 saturated heterocycles. The van der Waals surface area contributed by atoms with Gasteiger partial charge in [0, 0.05) is 30.4 Å². The fourth-order valence-corrected chi connectivity index (χ4v) is 4.59. The van der Waals surface area contributed by atoms with Crippen LogP contribution in [0.5, 0.6) is 17.2 Å². The molecule has 5 nitrogen and oxygen atoms in total. The SMILES string of the molecule is CC/C=C(\CCc1ccc(OCCc2ccc(OC)cc2)cc1)Nc1cc(OCCCN(CC)CC)ccc1C. The number of nitrogens with one attached hydrogen (secondary N) is 1. The number of aryl methyl sites for hydroxylation is 2. The van der Waals surface area contributed by atoms with Crippen LogP contribution in [0.4, 0.5) is 5.69 Å². The van der Waals surface area contributed by atoms with Gasteiger partial charge in [-0.1, -0.05) is 57.2 Å². The molecule has 40 heavy (non-hydrogen) atoms. The van der Waals surface area contributed by atoms with Gasteiger partial charge in [0.05, 0.1) is 20.3 Å². The van der Waals surface area contributed by atoms with Crippen LogP contribution in [0.3, 0.4) is 0 Å². The Balaban J connectivity index is 1.47. The molecule has 0 bridgehead atoms. The van der Waals surface area contributed by atoms with Crippen molar-refractivity contribution < 1.29 is 14.2 Å². The maximum atomic E-state index is 6.08. The Morgan fingerprint density at radius 2 is 1.40 bits per heavy atom. The van der Waals surface area contributed by atoms with E-state index in [1.165, 1.54) is 22.4 Å². The summed E-state index contributed by atoms with van der Waals surface area (Å²) in [5.74, 6) is 2.71. The van der Waals surface area contributed by atoms with Crippen molar-refractivity contribution in [1.29, 1.82) is 0 Å². The normalized spacial score (nSPS) is 11.5. The maximum Gasteiger partial charge on any atom is 0.121 e. The number of hydrogen-bond donors (Lipinski definition) is 1. The molecular formula is C35H48N2O3. The number of anilines is 1. The van der Waals surface area contributed by atoms with Gasteiger partial charge in [-0.3, -0.25) is 0 Å². The second-order valence-corrected chi connectivity index (χ2v) is 10.1. The predicted molar refractivity (Wildman–Crippen MR) is 168 cm³/mol. The monoisotopic (exact) mass is 544 g/mol. The van der Waals surface area contributed by atoms with Crippen LogP contribution in [0.2, 0.25) is 0 Å². The number of ether oxygens (including phenoxy) is 3. The Bertz CT molecular complexity index is 1150. The fourth-order valence-electron chi connectivity index (χ4n) is 4.59. The standard InChI is InChI=1S/C35H48N2O3/c1-6-10-31(36-35-27-34(18-11-28(35)4)39-25-9-24-37(7-2)8-3)17-12-29-15-21-33(22-16-29)40-26-23-30-13-19-32(38-5)20-14-30/h10-11,13-16,18-22,27,36H,6-9,12,17,23-26H2,1-5H3/b31-10+. The molecule has 0 atom stereocenters. The molecule has 0 aromatic heterocycles. The van der Waals surface area contributed by atoms with Gasteiger partial charge in [0.15, 0.2) is 0 Å². The van der Waals surface area contributed by atoms with E-state index in [4.69, 9.17) is 14.2 Å². The zero-order valence-corrected chi connectivity index (χ0v) is 25.2. The van der Waals surface area contributed by atoms with Gasteiger partial charge in [-0.25, -0.2) is 0 Å². The molecule has 0 aliphatic heterocycles. The van der Waals surface area contributed by atoms with E-state index in [1.807, 2.05) is 12.1 Å². The molecule has 0 unspecified atom stereocenters. The Kier molecular flexibility index (Phi) is 13.4. The van der Waals surface area contributed by atoms with Gasteiger partial charge in [-0.2, -0.15) is 0 Å². The van der Waals surface area contributed by atoms with Gasteiger partial charge < -0.3 is 24.4 Å². The summed E-state index contributed by atoms with van der Waals surface area (Å²) in [6.45, 7) is 13.4. The summed E-state index contributed by atoms with van der Waals surface area (Å²) < 4.78 is 17.3. The third-order valence-electron chi connectivity index (χ3n) is 7.16. The largest absolute Gasteiger partial charge is 0.497 e. The third kappa shape index (κ3) is 10.6. The molecule has 0 radical (unpaired) electrons. The van der Waals surface area contributed by atoms with Crippen molar-refractivity contribution in [3.8, 4) is 17.2 Å². The van der Waals surface area contributed by atoms with Gasteiger partial charge >= 0.3 is 0 Å². The molecule has 0 fully saturated rings. The van der Waals surface area contributed by atoms with Gasteiger partial charge in [-0.15, -0.1) is 0 Å². The minimum absolute atomic E-state index is 0.650. The summed E-state index contributed by atoms with van der Waals surface area (Å²) in [4.78, 5) is 2.43. The molecule has 1 N–H and O–H groups in total. The van der Waals surface area contributed by atoms with Crippen LogP contribution >= 0.6 is 0 Å². The lowest BCUT2D eigenvalue weighted by atomic mass is 10.1. The van der Waals surface area contributed by atoms with Crippen molar-refractivity contribution in [2.45, 2.75) is 59.8 Å². The summed E-state index contributed by atoms with van der Waals surface area (Å²) in [6.07, 6.45) is 7.08. The summed E-state index contributed by atoms with van der Waals surface area (Å²) in [5, 5.41) is 3.69. The number of benzene rings is 3. The van der Waals surface area contributed by atoms with E-state index >= 15 is 0 Å². The Labute approximate surface area is 242 Å². The molecule has 216 valence electrons. The average molecular weight is 545 g/mol. The molecule has 0 amide bonds. The second-order valence-electron chi connectivity index (χ2n) is 10.1. The molecule has 0 aliphatic carbocycles. The highest BCUT2D eigenvalue weighted by Crippen LogP contribution is 2.25. The van der Waals surface area contributed by atoms with Crippen molar-refractivity contribution in [3.63, 3.8) is 0 Å². The van der Waals surface area contributed by atoms with Crippen molar-refractivity contribution in [1.82, 2.24) is 4.90 Å². The number of nitrogens with zero attached hydrogens (tertiary/aromatic N) is 1. The Hall–Kier alpha value is -3.44. The summed E-state index contributed by atoms with van der Waals surface area (Å²) >= 11 is 0. The Morgan fingerprint density at radius 1 is 0.775 bits per heavy atom. The van der Waals surface area contributed by atoms with E-state index < -0.39 is 0 Å². The van der Waals surface area contributed by atoms with Crippen molar-refractivity contribution in [2.75, 3.05) is 45.3 Å². The molecule has 5 heteroatoms. The van der Waals surface area contributed by atoms with E-state index in [9.17, 15) is 0 Å². The first-order valence-corrected chi connectivity index (χ1v) is 14.8. The zero-order valence-electron chi connectivity index (χ0n) is 25.2. The van der Waals surface area contributed by atoms with Crippen molar-refractivity contribution >= 4 is 5.69 Å². The van der Waals surface area contributed by atoms with Gasteiger partial charge in [-0.05, 0) is 92.7 Å². The van der Waals surface area contributed by atoms with Crippen LogP contribution in [-0.2, 0) is 12.8 Å². The Morgan fingerprint density at radius 3 is 2.05 bits per heavy atom. The molecule has 0 saturated carbocycles. The van der Waals surface area contributed by atoms with E-state index in [1.54, 1.807) is 7.11 Å². The van der Waals surface area contributed by atoms with E-state index in [-0.39, 0.29) is 0 Å². The minimum Gasteiger partial charge on any atom is -0.497 e. The van der Waals surface area contributed by atoms with Gasteiger partial charge in [0.2, 0.25) is 0 Å². The van der Waals surface area contributed by atoms with Crippen LogP contribution < -0.4 is 19.5 Å². The first-order valence-electron chi connectivity index (χ1n) is 14.8. The third-order valence-corrected chi connectivity index (χ3v) is 7.16. The highest BCUT2D eigenvalue weighted by Gasteiger charge is 2.07. The average Bonchev–Trinajstić information content (AvgIpc) is 2.98. The van der Waals surface area contributed by atoms with Crippen LogP contribution in [-0.4, -0.2) is 44.9 Å². The topological polar surface area (TPSA) is 43.0 Å². The minimum atomic E-state index is 0.650. The smallest absolute Gasteiger partial charge is 0.121 e. The quantitative estimate of drug-likeness (QED) is 0.164. The summed E-state index contributed by atoms with van der Waals surface area (Å²) in [6, 6.07) is 23.0. The lowest BCUT2D eigenvalue weighted by Crippen LogP contribution is -2.25. The number of methoxy groups -OCH3 is 1. The first-order chi connectivity index (χ1) is 19.5. The van der Waals surface area contributed by atoms with Crippen LogP contribution in [0, 0.1) is 6.92 Å². The van der Waals surface area contributed by atoms with E-state index in [0.29, 0.717) is 6.61 Å². The summed E-state index contributed by atoms with van der Waals surface area (Å²) in [7, 11) is 1.69. The number of allylic oxidation sites excluding steroid dienone is 2. The van der Waals surface area contributed by atoms with E-state index in [2.05, 4.69) is 98.6 Å². The van der Waals surface area contributed by atoms with Gasteiger partial charge in [0.25, 0.3) is 0 Å². The van der Waals surface area contributed by atoms with Gasteiger partial charge in [0.1, 0.15) is 17.2 Å². The molecule has 0 aliphatic rings. The molecule has 3 aromatic carbocycles. The summed E-state index contributed by atoms with van der Waals surface area (Å²) in [5.41, 5.74) is 6.11. The predicted octanol–water partition coefficient (Wildman–Crippen LogP) is 8.07. The zero-order chi connectivity index (χ0) is 28.6. The molecule has 3 aromatic rings. The second kappa shape index (κ2) is 17.3. The van der Waals surface area contributed by atoms with Crippen LogP contribution in [0.25, 0.3) is 0 Å². The van der Waals surface area contributed by atoms with E-state index in [0.717, 1.165) is 81.3 Å². The van der Waals surface area contributed by atoms with Crippen LogP contribution in [0.15, 0.2) is 78.5 Å². The highest BCUT2D eigenvalue weighted by molar-refractivity contribution is 5.57. The molecular weight excluding hydrogens is 496 g/mol. The van der Waals surface area contributed by atoms with Crippen LogP contribution in [0.1, 0.15) is 56.7 Å². The molecule has 0 spiro atoms. The van der Waals surface area contributed by atoms with Crippen molar-refractivity contribution in [3.05, 3.63) is 95.2 Å². The highest BCUT2D eigenvalue weighted by atomic mass is 16.5. The molecule has 3 rings (SSSR count). The van der Waals surface area contributed by atoms with Crippen molar-refractivity contribution in [2.24, 2.45) is 0 Å². The maximum absolute atomic E-state index is 6.08. The molecule has 0 heterocycles. The number of rotatable bonds is 18. The lowest BCUT2D eigenvalue weighted by molar-refractivity contribution is 0.249.